The third-order valence-corrected chi connectivity index (χ3v) is 4.95. The van der Waals surface area contributed by atoms with Crippen molar-refractivity contribution in [2.24, 2.45) is 5.92 Å². The van der Waals surface area contributed by atoms with Crippen molar-refractivity contribution in [3.05, 3.63) is 35.4 Å². The molecule has 1 saturated carbocycles. The fourth-order valence-corrected chi connectivity index (χ4v) is 3.43. The van der Waals surface area contributed by atoms with E-state index >= 15 is 0 Å². The molecular weight excluding hydrogens is 284 g/mol. The highest BCUT2D eigenvalue weighted by Gasteiger charge is 2.12. The van der Waals surface area contributed by atoms with Crippen LogP contribution in [0.5, 0.6) is 0 Å². The number of benzene rings is 1. The van der Waals surface area contributed by atoms with E-state index in [1.165, 1.54) is 69.8 Å². The molecule has 0 radical (unpaired) electrons. The maximum absolute atomic E-state index is 10.6. The highest BCUT2D eigenvalue weighted by Crippen LogP contribution is 2.23. The van der Waals surface area contributed by atoms with E-state index in [0.29, 0.717) is 0 Å². The van der Waals surface area contributed by atoms with Gasteiger partial charge in [0.05, 0.1) is 0 Å². The average Bonchev–Trinajstić information content (AvgIpc) is 2.61. The molecule has 0 aromatic heterocycles. The molecule has 0 amide bonds. The molecule has 2 nitrogen and oxygen atoms in total. The topological polar surface area (TPSA) is 26.3 Å². The first kappa shape index (κ1) is 18.2. The summed E-state index contributed by atoms with van der Waals surface area (Å²) in [6.07, 6.45) is 15.4. The Bertz CT molecular complexity index is 418. The number of ether oxygens (including phenoxy) is 1. The van der Waals surface area contributed by atoms with Gasteiger partial charge in [0, 0.05) is 18.8 Å². The lowest BCUT2D eigenvalue weighted by molar-refractivity contribution is 0.0824. The van der Waals surface area contributed by atoms with E-state index in [1.807, 2.05) is 12.1 Å². The Kier molecular flexibility index (Phi) is 9.01. The van der Waals surface area contributed by atoms with Crippen LogP contribution in [0.4, 0.5) is 0 Å². The molecule has 0 unspecified atom stereocenters. The second-order valence-corrected chi connectivity index (χ2v) is 6.96. The molecule has 0 heterocycles. The molecule has 2 heteroatoms. The standard InChI is InChI=1S/C21H32O2/c22-17-20-14-12-19(13-15-20)9-5-2-1-3-8-16-23-18-21-10-6-4-7-11-21/h12-15,17,21H,1-11,16,18H2. The number of hydrogen-bond acceptors (Lipinski definition) is 2. The van der Waals surface area contributed by atoms with Gasteiger partial charge in [-0.2, -0.15) is 0 Å². The zero-order valence-corrected chi connectivity index (χ0v) is 14.5. The first-order chi connectivity index (χ1) is 11.4. The van der Waals surface area contributed by atoms with Gasteiger partial charge in [0.15, 0.2) is 0 Å². The van der Waals surface area contributed by atoms with Gasteiger partial charge in [-0.3, -0.25) is 4.79 Å². The number of carbonyl (C=O) groups excluding carboxylic acids is 1. The van der Waals surface area contributed by atoms with Crippen LogP contribution in [0.3, 0.4) is 0 Å². The van der Waals surface area contributed by atoms with Gasteiger partial charge in [-0.15, -0.1) is 0 Å². The van der Waals surface area contributed by atoms with Gasteiger partial charge < -0.3 is 4.74 Å². The lowest BCUT2D eigenvalue weighted by atomic mass is 9.90. The van der Waals surface area contributed by atoms with Crippen LogP contribution in [-0.4, -0.2) is 19.5 Å². The van der Waals surface area contributed by atoms with Crippen LogP contribution < -0.4 is 0 Å². The summed E-state index contributed by atoms with van der Waals surface area (Å²) in [6.45, 7) is 1.94. The zero-order valence-electron chi connectivity index (χ0n) is 14.5. The number of rotatable bonds is 11. The molecule has 128 valence electrons. The van der Waals surface area contributed by atoms with Crippen LogP contribution in [0.2, 0.25) is 0 Å². The molecule has 1 aromatic rings. The SMILES string of the molecule is O=Cc1ccc(CCCCCCCOCC2CCCCC2)cc1. The molecule has 2 rings (SSSR count). The Labute approximate surface area is 141 Å². The molecule has 0 atom stereocenters. The minimum absolute atomic E-state index is 0.766. The summed E-state index contributed by atoms with van der Waals surface area (Å²) in [6, 6.07) is 7.96. The molecule has 0 N–H and O–H groups in total. The van der Waals surface area contributed by atoms with Gasteiger partial charge in [0.25, 0.3) is 0 Å². The van der Waals surface area contributed by atoms with E-state index in [1.54, 1.807) is 0 Å². The molecule has 1 aliphatic carbocycles. The van der Waals surface area contributed by atoms with E-state index in [-0.39, 0.29) is 0 Å². The molecule has 1 aromatic carbocycles. The quantitative estimate of drug-likeness (QED) is 0.393. The summed E-state index contributed by atoms with van der Waals surface area (Å²) in [4.78, 5) is 10.6. The Hall–Kier alpha value is -1.15. The van der Waals surface area contributed by atoms with Crippen molar-refractivity contribution in [2.45, 2.75) is 70.6 Å². The Morgan fingerprint density at radius 3 is 2.35 bits per heavy atom. The number of unbranched alkanes of at least 4 members (excludes halogenated alkanes) is 4. The fraction of sp³-hybridized carbons (Fsp3) is 0.667. The highest BCUT2D eigenvalue weighted by atomic mass is 16.5. The third kappa shape index (κ3) is 7.78. The van der Waals surface area contributed by atoms with Gasteiger partial charge in [-0.25, -0.2) is 0 Å². The highest BCUT2D eigenvalue weighted by molar-refractivity contribution is 5.74. The fourth-order valence-electron chi connectivity index (χ4n) is 3.43. The Balaban J connectivity index is 1.39. The minimum Gasteiger partial charge on any atom is -0.381 e. The predicted octanol–water partition coefficient (Wildman–Crippen LogP) is 5.59. The van der Waals surface area contributed by atoms with Crippen LogP contribution in [0.25, 0.3) is 0 Å². The summed E-state index contributed by atoms with van der Waals surface area (Å²) in [5.74, 6) is 0.842. The van der Waals surface area contributed by atoms with Crippen LogP contribution in [-0.2, 0) is 11.2 Å². The number of aryl methyl sites for hydroxylation is 1. The molecule has 1 aliphatic rings. The first-order valence-corrected chi connectivity index (χ1v) is 9.50. The van der Waals surface area contributed by atoms with E-state index in [4.69, 9.17) is 4.74 Å². The minimum atomic E-state index is 0.766. The zero-order chi connectivity index (χ0) is 16.2. The second kappa shape index (κ2) is 11.4. The summed E-state index contributed by atoms with van der Waals surface area (Å²) in [5.41, 5.74) is 2.10. The van der Waals surface area contributed by atoms with Crippen molar-refractivity contribution in [1.82, 2.24) is 0 Å². The van der Waals surface area contributed by atoms with Crippen molar-refractivity contribution >= 4 is 6.29 Å². The van der Waals surface area contributed by atoms with Crippen molar-refractivity contribution in [3.8, 4) is 0 Å². The molecule has 23 heavy (non-hydrogen) atoms. The number of aldehydes is 1. The lowest BCUT2D eigenvalue weighted by Crippen LogP contribution is -2.13. The second-order valence-electron chi connectivity index (χ2n) is 6.96. The van der Waals surface area contributed by atoms with Gasteiger partial charge in [0.2, 0.25) is 0 Å². The van der Waals surface area contributed by atoms with Gasteiger partial charge >= 0.3 is 0 Å². The summed E-state index contributed by atoms with van der Waals surface area (Å²) in [7, 11) is 0. The normalized spacial score (nSPS) is 15.7. The third-order valence-electron chi connectivity index (χ3n) is 4.95. The summed E-state index contributed by atoms with van der Waals surface area (Å²) in [5, 5.41) is 0. The van der Waals surface area contributed by atoms with Crippen molar-refractivity contribution in [1.29, 1.82) is 0 Å². The molecular formula is C21H32O2. The molecule has 0 spiro atoms. The van der Waals surface area contributed by atoms with Crippen LogP contribution >= 0.6 is 0 Å². The molecule has 0 saturated heterocycles. The van der Waals surface area contributed by atoms with Gasteiger partial charge in [-0.1, -0.05) is 62.8 Å². The van der Waals surface area contributed by atoms with E-state index in [9.17, 15) is 4.79 Å². The summed E-state index contributed by atoms with van der Waals surface area (Å²) < 4.78 is 5.84. The van der Waals surface area contributed by atoms with Crippen molar-refractivity contribution in [3.63, 3.8) is 0 Å². The average molecular weight is 316 g/mol. The lowest BCUT2D eigenvalue weighted by Gasteiger charge is -2.21. The van der Waals surface area contributed by atoms with E-state index in [0.717, 1.165) is 37.4 Å². The van der Waals surface area contributed by atoms with Crippen molar-refractivity contribution in [2.75, 3.05) is 13.2 Å². The Morgan fingerprint density at radius 2 is 1.61 bits per heavy atom. The van der Waals surface area contributed by atoms with E-state index in [2.05, 4.69) is 12.1 Å². The van der Waals surface area contributed by atoms with Gasteiger partial charge in [-0.05, 0) is 43.6 Å². The maximum Gasteiger partial charge on any atom is 0.150 e. The van der Waals surface area contributed by atoms with Gasteiger partial charge in [0.1, 0.15) is 6.29 Å². The summed E-state index contributed by atoms with van der Waals surface area (Å²) >= 11 is 0. The molecule has 0 aliphatic heterocycles. The predicted molar refractivity (Wildman–Crippen MR) is 96.0 cm³/mol. The largest absolute Gasteiger partial charge is 0.381 e. The molecule has 1 fully saturated rings. The number of carbonyl (C=O) groups is 1. The maximum atomic E-state index is 10.6. The number of hydrogen-bond donors (Lipinski definition) is 0. The van der Waals surface area contributed by atoms with Crippen LogP contribution in [0.15, 0.2) is 24.3 Å². The smallest absolute Gasteiger partial charge is 0.150 e. The first-order valence-electron chi connectivity index (χ1n) is 9.50. The van der Waals surface area contributed by atoms with E-state index < -0.39 is 0 Å². The Morgan fingerprint density at radius 1 is 0.913 bits per heavy atom. The van der Waals surface area contributed by atoms with Crippen LogP contribution in [0, 0.1) is 5.92 Å². The van der Waals surface area contributed by atoms with Crippen LogP contribution in [0.1, 0.15) is 80.1 Å². The van der Waals surface area contributed by atoms with Crippen molar-refractivity contribution < 1.29 is 9.53 Å². The monoisotopic (exact) mass is 316 g/mol. The molecule has 0 bridgehead atoms.